The molecular formula is C10H21NO. The molecule has 0 aromatic rings. The highest BCUT2D eigenvalue weighted by molar-refractivity contribution is 4.88. The molecule has 0 aromatic carbocycles. The van der Waals surface area contributed by atoms with Crippen molar-refractivity contribution >= 4 is 0 Å². The van der Waals surface area contributed by atoms with Crippen molar-refractivity contribution in [2.24, 2.45) is 5.73 Å². The van der Waals surface area contributed by atoms with E-state index >= 15 is 0 Å². The van der Waals surface area contributed by atoms with Crippen LogP contribution in [0.15, 0.2) is 12.2 Å². The van der Waals surface area contributed by atoms with Crippen LogP contribution in [0.5, 0.6) is 0 Å². The highest BCUT2D eigenvalue weighted by Gasteiger charge is 1.91. The van der Waals surface area contributed by atoms with Crippen molar-refractivity contribution in [1.29, 1.82) is 0 Å². The maximum absolute atomic E-state index is 9.05. The summed E-state index contributed by atoms with van der Waals surface area (Å²) in [7, 11) is 0. The smallest absolute Gasteiger partial charge is 0.0843 e. The van der Waals surface area contributed by atoms with Gasteiger partial charge in [0.25, 0.3) is 0 Å². The van der Waals surface area contributed by atoms with E-state index in [-0.39, 0.29) is 0 Å². The van der Waals surface area contributed by atoms with Crippen molar-refractivity contribution in [2.75, 3.05) is 6.54 Å². The Hall–Kier alpha value is -0.340. The second-order valence-electron chi connectivity index (χ2n) is 3.08. The number of aliphatic hydroxyl groups is 1. The van der Waals surface area contributed by atoms with E-state index in [0.717, 1.165) is 6.42 Å². The van der Waals surface area contributed by atoms with Gasteiger partial charge in [0.15, 0.2) is 0 Å². The average Bonchev–Trinajstić information content (AvgIpc) is 2.10. The van der Waals surface area contributed by atoms with Gasteiger partial charge in [0.05, 0.1) is 6.10 Å². The Balaban J connectivity index is 3.12. The Morgan fingerprint density at radius 3 is 2.67 bits per heavy atom. The first-order valence-electron chi connectivity index (χ1n) is 4.86. The van der Waals surface area contributed by atoms with Gasteiger partial charge in [-0.05, 0) is 12.8 Å². The SMILES string of the molecule is CCCCCCC=CC(O)CN. The number of aliphatic hydroxyl groups excluding tert-OH is 1. The van der Waals surface area contributed by atoms with E-state index in [4.69, 9.17) is 10.8 Å². The van der Waals surface area contributed by atoms with Crippen molar-refractivity contribution in [3.05, 3.63) is 12.2 Å². The molecule has 1 atom stereocenters. The molecule has 0 fully saturated rings. The predicted molar refractivity (Wildman–Crippen MR) is 53.0 cm³/mol. The molecule has 0 heterocycles. The van der Waals surface area contributed by atoms with Gasteiger partial charge in [-0.2, -0.15) is 0 Å². The lowest BCUT2D eigenvalue weighted by atomic mass is 10.1. The van der Waals surface area contributed by atoms with Gasteiger partial charge in [0.2, 0.25) is 0 Å². The minimum atomic E-state index is -0.448. The van der Waals surface area contributed by atoms with Crippen molar-refractivity contribution in [2.45, 2.75) is 45.1 Å². The molecule has 0 saturated heterocycles. The summed E-state index contributed by atoms with van der Waals surface area (Å²) in [4.78, 5) is 0. The summed E-state index contributed by atoms with van der Waals surface area (Å²) < 4.78 is 0. The van der Waals surface area contributed by atoms with Crippen LogP contribution in [0.25, 0.3) is 0 Å². The van der Waals surface area contributed by atoms with Crippen LogP contribution < -0.4 is 5.73 Å². The van der Waals surface area contributed by atoms with Gasteiger partial charge in [-0.15, -0.1) is 0 Å². The van der Waals surface area contributed by atoms with Crippen molar-refractivity contribution in [3.8, 4) is 0 Å². The van der Waals surface area contributed by atoms with Crippen LogP contribution >= 0.6 is 0 Å². The van der Waals surface area contributed by atoms with E-state index in [1.54, 1.807) is 6.08 Å². The third kappa shape index (κ3) is 7.76. The lowest BCUT2D eigenvalue weighted by Crippen LogP contribution is -2.16. The van der Waals surface area contributed by atoms with Gasteiger partial charge in [0, 0.05) is 6.54 Å². The van der Waals surface area contributed by atoms with E-state index < -0.39 is 6.10 Å². The van der Waals surface area contributed by atoms with Crippen LogP contribution in [0, 0.1) is 0 Å². The van der Waals surface area contributed by atoms with Crippen LogP contribution in [0.4, 0.5) is 0 Å². The Kier molecular flexibility index (Phi) is 8.51. The lowest BCUT2D eigenvalue weighted by molar-refractivity contribution is 0.231. The van der Waals surface area contributed by atoms with E-state index in [1.165, 1.54) is 25.7 Å². The summed E-state index contributed by atoms with van der Waals surface area (Å²) in [5, 5.41) is 9.05. The summed E-state index contributed by atoms with van der Waals surface area (Å²) in [5.41, 5.74) is 5.23. The zero-order valence-corrected chi connectivity index (χ0v) is 8.00. The number of rotatable bonds is 7. The summed E-state index contributed by atoms with van der Waals surface area (Å²) in [6, 6.07) is 0. The number of hydrogen-bond donors (Lipinski definition) is 2. The Morgan fingerprint density at radius 1 is 1.33 bits per heavy atom. The molecule has 1 unspecified atom stereocenters. The molecule has 0 amide bonds. The topological polar surface area (TPSA) is 46.2 Å². The van der Waals surface area contributed by atoms with E-state index in [2.05, 4.69) is 6.92 Å². The molecular weight excluding hydrogens is 150 g/mol. The Labute approximate surface area is 75.5 Å². The van der Waals surface area contributed by atoms with Crippen LogP contribution in [0.1, 0.15) is 39.0 Å². The monoisotopic (exact) mass is 171 g/mol. The molecule has 0 aliphatic carbocycles. The minimum absolute atomic E-state index is 0.325. The number of allylic oxidation sites excluding steroid dienone is 1. The van der Waals surface area contributed by atoms with Gasteiger partial charge in [0.1, 0.15) is 0 Å². The molecule has 0 aliphatic rings. The van der Waals surface area contributed by atoms with E-state index in [1.807, 2.05) is 6.08 Å². The summed E-state index contributed by atoms with van der Waals surface area (Å²) in [5.74, 6) is 0. The highest BCUT2D eigenvalue weighted by Crippen LogP contribution is 2.02. The van der Waals surface area contributed by atoms with Gasteiger partial charge in [-0.1, -0.05) is 38.3 Å². The molecule has 0 spiro atoms. The molecule has 0 radical (unpaired) electrons. The second-order valence-corrected chi connectivity index (χ2v) is 3.08. The largest absolute Gasteiger partial charge is 0.388 e. The summed E-state index contributed by atoms with van der Waals surface area (Å²) >= 11 is 0. The van der Waals surface area contributed by atoms with Gasteiger partial charge >= 0.3 is 0 Å². The molecule has 0 bridgehead atoms. The quantitative estimate of drug-likeness (QED) is 0.453. The molecule has 0 saturated carbocycles. The summed E-state index contributed by atoms with van der Waals surface area (Å²) in [6.45, 7) is 2.53. The fourth-order valence-corrected chi connectivity index (χ4v) is 1.02. The zero-order chi connectivity index (χ0) is 9.23. The van der Waals surface area contributed by atoms with Crippen LogP contribution in [-0.2, 0) is 0 Å². The van der Waals surface area contributed by atoms with Crippen LogP contribution in [-0.4, -0.2) is 17.8 Å². The summed E-state index contributed by atoms with van der Waals surface area (Å²) in [6.07, 6.45) is 9.52. The highest BCUT2D eigenvalue weighted by atomic mass is 16.3. The number of nitrogens with two attached hydrogens (primary N) is 1. The number of hydrogen-bond acceptors (Lipinski definition) is 2. The molecule has 72 valence electrons. The predicted octanol–water partition coefficient (Wildman–Crippen LogP) is 1.83. The maximum atomic E-state index is 9.05. The fourth-order valence-electron chi connectivity index (χ4n) is 1.02. The van der Waals surface area contributed by atoms with Gasteiger partial charge in [-0.3, -0.25) is 0 Å². The lowest BCUT2D eigenvalue weighted by Gasteiger charge is -1.98. The van der Waals surface area contributed by atoms with E-state index in [9.17, 15) is 0 Å². The Bertz CT molecular complexity index is 112. The molecule has 2 heteroatoms. The third-order valence-corrected chi connectivity index (χ3v) is 1.82. The van der Waals surface area contributed by atoms with Gasteiger partial charge in [-0.25, -0.2) is 0 Å². The molecule has 3 N–H and O–H groups in total. The Morgan fingerprint density at radius 2 is 2.08 bits per heavy atom. The van der Waals surface area contributed by atoms with Crippen molar-refractivity contribution in [3.63, 3.8) is 0 Å². The normalized spacial score (nSPS) is 13.9. The third-order valence-electron chi connectivity index (χ3n) is 1.82. The minimum Gasteiger partial charge on any atom is -0.388 e. The first-order valence-corrected chi connectivity index (χ1v) is 4.86. The van der Waals surface area contributed by atoms with Crippen LogP contribution in [0.2, 0.25) is 0 Å². The first kappa shape index (κ1) is 11.7. The van der Waals surface area contributed by atoms with Crippen molar-refractivity contribution < 1.29 is 5.11 Å². The molecule has 0 aromatic heterocycles. The fraction of sp³-hybridized carbons (Fsp3) is 0.800. The molecule has 2 nitrogen and oxygen atoms in total. The van der Waals surface area contributed by atoms with Crippen LogP contribution in [0.3, 0.4) is 0 Å². The van der Waals surface area contributed by atoms with Gasteiger partial charge < -0.3 is 10.8 Å². The zero-order valence-electron chi connectivity index (χ0n) is 8.00. The first-order chi connectivity index (χ1) is 5.81. The standard InChI is InChI=1S/C10H21NO/c1-2-3-4-5-6-7-8-10(12)9-11/h7-8,10,12H,2-6,9,11H2,1H3. The molecule has 12 heavy (non-hydrogen) atoms. The molecule has 0 rings (SSSR count). The number of unbranched alkanes of at least 4 members (excludes halogenated alkanes) is 4. The average molecular weight is 171 g/mol. The van der Waals surface area contributed by atoms with E-state index in [0.29, 0.717) is 6.54 Å². The maximum Gasteiger partial charge on any atom is 0.0843 e. The van der Waals surface area contributed by atoms with Crippen molar-refractivity contribution in [1.82, 2.24) is 0 Å². The molecule has 0 aliphatic heterocycles. The second kappa shape index (κ2) is 8.75.